The summed E-state index contributed by atoms with van der Waals surface area (Å²) in [6.45, 7) is 3.32. The molecule has 0 spiro atoms. The van der Waals surface area contributed by atoms with E-state index in [4.69, 9.17) is 5.26 Å². The Balaban J connectivity index is 2.00. The standard InChI is InChI=1S/C23H28N4O4/c1-3-17-5-7-18(8-6-17)19-9-11-20(12-10-19)22(29)26-21(16(2)28)15-27(31)23(30)25-14-4-13-24/h5-12,16,21,28,31H,3-4,14-15H2,1-2H3,(H,25,30)(H,26,29)/t16-,21-/m1/s1. The maximum atomic E-state index is 12.6. The van der Waals surface area contributed by atoms with Crippen LogP contribution in [0, 0.1) is 11.3 Å². The fraction of sp³-hybridized carbons (Fsp3) is 0.348. The second-order valence-electron chi connectivity index (χ2n) is 7.17. The van der Waals surface area contributed by atoms with E-state index in [1.807, 2.05) is 30.3 Å². The second-order valence-corrected chi connectivity index (χ2v) is 7.17. The van der Waals surface area contributed by atoms with E-state index in [2.05, 4.69) is 29.7 Å². The minimum Gasteiger partial charge on any atom is -0.391 e. The van der Waals surface area contributed by atoms with E-state index in [0.29, 0.717) is 10.6 Å². The van der Waals surface area contributed by atoms with Gasteiger partial charge in [0.2, 0.25) is 0 Å². The highest BCUT2D eigenvalue weighted by Crippen LogP contribution is 2.20. The summed E-state index contributed by atoms with van der Waals surface area (Å²) in [5.41, 5.74) is 3.66. The van der Waals surface area contributed by atoms with E-state index in [1.165, 1.54) is 12.5 Å². The van der Waals surface area contributed by atoms with Gasteiger partial charge in [-0.05, 0) is 42.2 Å². The number of rotatable bonds is 9. The van der Waals surface area contributed by atoms with E-state index < -0.39 is 24.1 Å². The number of carbonyl (C=O) groups excluding carboxylic acids is 2. The van der Waals surface area contributed by atoms with Gasteiger partial charge < -0.3 is 15.7 Å². The van der Waals surface area contributed by atoms with Gasteiger partial charge in [-0.15, -0.1) is 0 Å². The lowest BCUT2D eigenvalue weighted by molar-refractivity contribution is -0.0577. The van der Waals surface area contributed by atoms with E-state index in [0.717, 1.165) is 17.5 Å². The number of amides is 3. The summed E-state index contributed by atoms with van der Waals surface area (Å²) in [7, 11) is 0. The molecule has 2 rings (SSSR count). The van der Waals surface area contributed by atoms with Crippen LogP contribution >= 0.6 is 0 Å². The Bertz CT molecular complexity index is 905. The number of urea groups is 1. The summed E-state index contributed by atoms with van der Waals surface area (Å²) in [5.74, 6) is -0.433. The van der Waals surface area contributed by atoms with E-state index >= 15 is 0 Å². The SMILES string of the molecule is CCc1ccc(-c2ccc(C(=O)N[C@H](CN(O)C(=O)NCCC#N)[C@@H](C)O)cc2)cc1. The van der Waals surface area contributed by atoms with Crippen molar-refractivity contribution >= 4 is 11.9 Å². The topological polar surface area (TPSA) is 126 Å². The zero-order chi connectivity index (χ0) is 22.8. The molecule has 0 aliphatic rings. The van der Waals surface area contributed by atoms with Crippen molar-refractivity contribution in [3.63, 3.8) is 0 Å². The van der Waals surface area contributed by atoms with Crippen LogP contribution in [0.4, 0.5) is 4.79 Å². The molecular formula is C23H28N4O4. The number of hydroxylamine groups is 2. The van der Waals surface area contributed by atoms with Gasteiger partial charge in [0.05, 0.1) is 31.2 Å². The van der Waals surface area contributed by atoms with E-state index in [-0.39, 0.29) is 19.5 Å². The smallest absolute Gasteiger partial charge is 0.341 e. The molecule has 0 heterocycles. The minimum atomic E-state index is -1.01. The summed E-state index contributed by atoms with van der Waals surface area (Å²) in [6.07, 6.45) is 0.0628. The first kappa shape index (κ1) is 23.9. The summed E-state index contributed by atoms with van der Waals surface area (Å²) in [6, 6.07) is 15.4. The monoisotopic (exact) mass is 424 g/mol. The van der Waals surface area contributed by atoms with Crippen LogP contribution in [-0.2, 0) is 6.42 Å². The van der Waals surface area contributed by atoms with Crippen molar-refractivity contribution in [1.29, 1.82) is 5.26 Å². The predicted octanol–water partition coefficient (Wildman–Crippen LogP) is 2.71. The number of nitriles is 1. The molecule has 4 N–H and O–H groups in total. The second kappa shape index (κ2) is 11.7. The zero-order valence-corrected chi connectivity index (χ0v) is 17.7. The van der Waals surface area contributed by atoms with Crippen molar-refractivity contribution in [3.05, 3.63) is 59.7 Å². The highest BCUT2D eigenvalue weighted by molar-refractivity contribution is 5.95. The summed E-state index contributed by atoms with van der Waals surface area (Å²) in [5, 5.41) is 33.7. The van der Waals surface area contributed by atoms with Crippen molar-refractivity contribution in [2.45, 2.75) is 38.8 Å². The molecule has 31 heavy (non-hydrogen) atoms. The minimum absolute atomic E-state index is 0.0889. The molecule has 0 saturated carbocycles. The van der Waals surface area contributed by atoms with Crippen molar-refractivity contribution in [3.8, 4) is 17.2 Å². The molecule has 3 amide bonds. The molecule has 0 saturated heterocycles. The molecule has 0 aromatic heterocycles. The van der Waals surface area contributed by atoms with Gasteiger partial charge in [-0.1, -0.05) is 43.3 Å². The van der Waals surface area contributed by atoms with Crippen LogP contribution < -0.4 is 10.6 Å². The average molecular weight is 425 g/mol. The lowest BCUT2D eigenvalue weighted by atomic mass is 10.0. The van der Waals surface area contributed by atoms with Crippen LogP contribution in [0.15, 0.2) is 48.5 Å². The van der Waals surface area contributed by atoms with E-state index in [9.17, 15) is 19.9 Å². The third kappa shape index (κ3) is 7.10. The average Bonchev–Trinajstić information content (AvgIpc) is 2.78. The van der Waals surface area contributed by atoms with Crippen LogP contribution in [0.25, 0.3) is 11.1 Å². The highest BCUT2D eigenvalue weighted by atomic mass is 16.5. The number of nitrogens with zero attached hydrogens (tertiary/aromatic N) is 2. The first-order valence-corrected chi connectivity index (χ1v) is 10.1. The molecule has 0 radical (unpaired) electrons. The third-order valence-corrected chi connectivity index (χ3v) is 4.86. The Morgan fingerprint density at radius 1 is 1.10 bits per heavy atom. The fourth-order valence-electron chi connectivity index (χ4n) is 2.90. The molecule has 0 fully saturated rings. The lowest BCUT2D eigenvalue weighted by Gasteiger charge is -2.25. The molecule has 2 atom stereocenters. The number of aliphatic hydroxyl groups excluding tert-OH is 1. The van der Waals surface area contributed by atoms with Gasteiger partial charge in [-0.3, -0.25) is 10.0 Å². The zero-order valence-electron chi connectivity index (χ0n) is 17.7. The van der Waals surface area contributed by atoms with Gasteiger partial charge in [0, 0.05) is 12.1 Å². The normalized spacial score (nSPS) is 12.4. The molecule has 2 aromatic rings. The van der Waals surface area contributed by atoms with Crippen LogP contribution in [0.5, 0.6) is 0 Å². The Hall–Kier alpha value is -3.41. The maximum Gasteiger partial charge on any atom is 0.341 e. The van der Waals surface area contributed by atoms with Gasteiger partial charge in [-0.2, -0.15) is 5.26 Å². The Labute approximate surface area is 182 Å². The number of carbonyl (C=O) groups is 2. The quantitative estimate of drug-likeness (QED) is 0.280. The summed E-state index contributed by atoms with van der Waals surface area (Å²) in [4.78, 5) is 24.4. The van der Waals surface area contributed by atoms with Gasteiger partial charge in [0.1, 0.15) is 0 Å². The first-order valence-electron chi connectivity index (χ1n) is 10.1. The van der Waals surface area contributed by atoms with Crippen molar-refractivity contribution < 1.29 is 19.9 Å². The molecule has 0 aliphatic carbocycles. The molecule has 0 unspecified atom stereocenters. The Kier molecular flexibility index (Phi) is 9.00. The number of hydrogen-bond donors (Lipinski definition) is 4. The number of benzene rings is 2. The molecule has 0 bridgehead atoms. The van der Waals surface area contributed by atoms with Gasteiger partial charge in [0.25, 0.3) is 5.91 Å². The number of nitrogens with one attached hydrogen (secondary N) is 2. The van der Waals surface area contributed by atoms with Crippen molar-refractivity contribution in [2.24, 2.45) is 0 Å². The van der Waals surface area contributed by atoms with Crippen molar-refractivity contribution in [2.75, 3.05) is 13.1 Å². The molecule has 8 heteroatoms. The van der Waals surface area contributed by atoms with E-state index in [1.54, 1.807) is 12.1 Å². The lowest BCUT2D eigenvalue weighted by Crippen LogP contribution is -2.51. The molecular weight excluding hydrogens is 396 g/mol. The summed E-state index contributed by atoms with van der Waals surface area (Å²) < 4.78 is 0. The Morgan fingerprint density at radius 3 is 2.19 bits per heavy atom. The maximum absolute atomic E-state index is 12.6. The van der Waals surface area contributed by atoms with Gasteiger partial charge >= 0.3 is 6.03 Å². The Morgan fingerprint density at radius 2 is 1.68 bits per heavy atom. The number of aryl methyl sites for hydroxylation is 1. The summed E-state index contributed by atoms with van der Waals surface area (Å²) >= 11 is 0. The number of aliphatic hydroxyl groups is 1. The van der Waals surface area contributed by atoms with Crippen LogP contribution in [0.1, 0.15) is 36.2 Å². The third-order valence-electron chi connectivity index (χ3n) is 4.86. The van der Waals surface area contributed by atoms with Crippen molar-refractivity contribution in [1.82, 2.24) is 15.7 Å². The van der Waals surface area contributed by atoms with Crippen LogP contribution in [0.2, 0.25) is 0 Å². The molecule has 8 nitrogen and oxygen atoms in total. The first-order chi connectivity index (χ1) is 14.8. The van der Waals surface area contributed by atoms with Gasteiger partial charge in [0.15, 0.2) is 0 Å². The fourth-order valence-corrected chi connectivity index (χ4v) is 2.90. The molecule has 164 valence electrons. The molecule has 0 aliphatic heterocycles. The number of hydrogen-bond acceptors (Lipinski definition) is 5. The van der Waals surface area contributed by atoms with Crippen LogP contribution in [-0.4, -0.2) is 52.6 Å². The predicted molar refractivity (Wildman–Crippen MR) is 116 cm³/mol. The largest absolute Gasteiger partial charge is 0.391 e. The highest BCUT2D eigenvalue weighted by Gasteiger charge is 2.23. The van der Waals surface area contributed by atoms with Crippen LogP contribution in [0.3, 0.4) is 0 Å². The molecule has 2 aromatic carbocycles. The van der Waals surface area contributed by atoms with Gasteiger partial charge in [-0.25, -0.2) is 9.86 Å².